The fourth-order valence-corrected chi connectivity index (χ4v) is 5.19. The Morgan fingerprint density at radius 1 is 1.11 bits per heavy atom. The van der Waals surface area contributed by atoms with E-state index >= 15 is 0 Å². The highest BCUT2D eigenvalue weighted by Crippen LogP contribution is 2.35. The van der Waals surface area contributed by atoms with E-state index in [0.717, 1.165) is 37.0 Å². The molecule has 0 bridgehead atoms. The van der Waals surface area contributed by atoms with Crippen molar-refractivity contribution in [3.63, 3.8) is 0 Å². The Bertz CT molecular complexity index is 1250. The first kappa shape index (κ1) is 24.0. The molecule has 188 valence electrons. The lowest BCUT2D eigenvalue weighted by molar-refractivity contribution is -0.127. The Labute approximate surface area is 210 Å². The van der Waals surface area contributed by atoms with Crippen molar-refractivity contribution in [2.45, 2.75) is 64.1 Å². The smallest absolute Gasteiger partial charge is 0.277 e. The summed E-state index contributed by atoms with van der Waals surface area (Å²) in [4.78, 5) is 29.1. The Balaban J connectivity index is 1.52. The van der Waals surface area contributed by atoms with Gasteiger partial charge in [-0.05, 0) is 81.3 Å². The summed E-state index contributed by atoms with van der Waals surface area (Å²) in [6.45, 7) is 4.44. The zero-order valence-corrected chi connectivity index (χ0v) is 20.7. The minimum atomic E-state index is -1.23. The number of nitrogens with one attached hydrogen (secondary N) is 1. The van der Waals surface area contributed by atoms with Gasteiger partial charge in [-0.15, -0.1) is 0 Å². The van der Waals surface area contributed by atoms with Crippen LogP contribution in [0, 0.1) is 5.82 Å². The van der Waals surface area contributed by atoms with Gasteiger partial charge in [-0.25, -0.2) is 4.39 Å². The normalized spacial score (nSPS) is 20.2. The van der Waals surface area contributed by atoms with Crippen LogP contribution in [0.5, 0.6) is 5.75 Å². The third-order valence-corrected chi connectivity index (χ3v) is 7.13. The molecule has 1 aromatic heterocycles. The minimum absolute atomic E-state index is 0.0895. The average Bonchev–Trinajstić information content (AvgIpc) is 3.30. The molecule has 0 unspecified atom stereocenters. The first-order valence-corrected chi connectivity index (χ1v) is 12.6. The van der Waals surface area contributed by atoms with E-state index in [0.29, 0.717) is 23.7 Å². The van der Waals surface area contributed by atoms with Gasteiger partial charge in [0.2, 0.25) is 5.91 Å². The summed E-state index contributed by atoms with van der Waals surface area (Å²) in [5, 5.41) is 7.89. The van der Waals surface area contributed by atoms with E-state index in [1.165, 1.54) is 23.5 Å². The quantitative estimate of drug-likeness (QED) is 0.530. The van der Waals surface area contributed by atoms with Gasteiger partial charge in [-0.1, -0.05) is 19.3 Å². The molecule has 3 aromatic rings. The third-order valence-electron chi connectivity index (χ3n) is 7.13. The molecule has 1 atom stereocenters. The molecule has 1 aliphatic carbocycles. The van der Waals surface area contributed by atoms with Gasteiger partial charge in [0.1, 0.15) is 22.8 Å². The van der Waals surface area contributed by atoms with Crippen LogP contribution in [0.4, 0.5) is 10.1 Å². The fourth-order valence-electron chi connectivity index (χ4n) is 5.19. The van der Waals surface area contributed by atoms with Gasteiger partial charge in [0, 0.05) is 17.3 Å². The summed E-state index contributed by atoms with van der Waals surface area (Å²) in [6, 6.07) is 15.1. The van der Waals surface area contributed by atoms with Crippen LogP contribution in [0.2, 0.25) is 0 Å². The SMILES string of the molecule is CCOc1ccc(-c2cc3n(n2)C[C@](C)(C(=O)NC2CCCCC2)N(c2ccc(F)cc2)C3=O)cc1. The lowest BCUT2D eigenvalue weighted by Crippen LogP contribution is -2.65. The number of nitrogens with zero attached hydrogens (tertiary/aromatic N) is 3. The van der Waals surface area contributed by atoms with Crippen LogP contribution in [0.15, 0.2) is 54.6 Å². The Morgan fingerprint density at radius 3 is 2.47 bits per heavy atom. The molecule has 2 heterocycles. The van der Waals surface area contributed by atoms with E-state index in [1.807, 2.05) is 31.2 Å². The summed E-state index contributed by atoms with van der Waals surface area (Å²) < 4.78 is 20.9. The van der Waals surface area contributed by atoms with Crippen LogP contribution in [0.3, 0.4) is 0 Å². The summed E-state index contributed by atoms with van der Waals surface area (Å²) in [5.41, 5.74) is 1.10. The van der Waals surface area contributed by atoms with Crippen molar-refractivity contribution in [3.05, 3.63) is 66.1 Å². The van der Waals surface area contributed by atoms with Crippen molar-refractivity contribution in [2.24, 2.45) is 0 Å². The second-order valence-corrected chi connectivity index (χ2v) is 9.73. The first-order valence-electron chi connectivity index (χ1n) is 12.6. The van der Waals surface area contributed by atoms with Gasteiger partial charge >= 0.3 is 0 Å². The van der Waals surface area contributed by atoms with Crippen molar-refractivity contribution >= 4 is 17.5 Å². The average molecular weight is 491 g/mol. The molecule has 7 nitrogen and oxygen atoms in total. The van der Waals surface area contributed by atoms with Crippen LogP contribution in [0.25, 0.3) is 11.3 Å². The van der Waals surface area contributed by atoms with Crippen LogP contribution in [0.1, 0.15) is 56.4 Å². The number of anilines is 1. The number of benzene rings is 2. The number of ether oxygens (including phenoxy) is 1. The minimum Gasteiger partial charge on any atom is -0.494 e. The highest BCUT2D eigenvalue weighted by Gasteiger charge is 2.49. The number of hydrogen-bond acceptors (Lipinski definition) is 4. The molecule has 5 rings (SSSR count). The van der Waals surface area contributed by atoms with Gasteiger partial charge < -0.3 is 10.1 Å². The van der Waals surface area contributed by atoms with Crippen molar-refractivity contribution in [1.29, 1.82) is 0 Å². The second kappa shape index (κ2) is 9.76. The molecule has 1 aliphatic heterocycles. The number of carbonyl (C=O) groups excluding carboxylic acids is 2. The van der Waals surface area contributed by atoms with Crippen LogP contribution >= 0.6 is 0 Å². The van der Waals surface area contributed by atoms with Gasteiger partial charge in [0.15, 0.2) is 0 Å². The lowest BCUT2D eigenvalue weighted by atomic mass is 9.91. The van der Waals surface area contributed by atoms with Crippen LogP contribution in [-0.2, 0) is 11.3 Å². The summed E-state index contributed by atoms with van der Waals surface area (Å²) in [6.07, 6.45) is 5.20. The molecule has 2 aromatic carbocycles. The van der Waals surface area contributed by atoms with E-state index < -0.39 is 11.4 Å². The topological polar surface area (TPSA) is 76.5 Å². The number of fused-ring (bicyclic) bond motifs is 1. The number of aromatic nitrogens is 2. The van der Waals surface area contributed by atoms with Gasteiger partial charge in [-0.2, -0.15) is 5.10 Å². The van der Waals surface area contributed by atoms with Gasteiger partial charge in [0.05, 0.1) is 18.8 Å². The van der Waals surface area contributed by atoms with Gasteiger partial charge in [-0.3, -0.25) is 19.2 Å². The van der Waals surface area contributed by atoms with Crippen LogP contribution in [-0.4, -0.2) is 39.8 Å². The molecular weight excluding hydrogens is 459 g/mol. The van der Waals surface area contributed by atoms with Crippen molar-refractivity contribution in [1.82, 2.24) is 15.1 Å². The Kier molecular flexibility index (Phi) is 6.51. The maximum Gasteiger partial charge on any atom is 0.277 e. The number of rotatable bonds is 6. The number of halogens is 1. The summed E-state index contributed by atoms with van der Waals surface area (Å²) in [5.74, 6) is -0.218. The highest BCUT2D eigenvalue weighted by molar-refractivity contribution is 6.12. The maximum atomic E-state index is 13.9. The van der Waals surface area contributed by atoms with Crippen molar-refractivity contribution < 1.29 is 18.7 Å². The molecule has 1 saturated carbocycles. The zero-order chi connectivity index (χ0) is 25.3. The summed E-state index contributed by atoms with van der Waals surface area (Å²) in [7, 11) is 0. The predicted octanol–water partition coefficient (Wildman–Crippen LogP) is 4.96. The maximum absolute atomic E-state index is 13.9. The number of hydrogen-bond donors (Lipinski definition) is 1. The lowest BCUT2D eigenvalue weighted by Gasteiger charge is -2.44. The molecular formula is C28H31FN4O3. The van der Waals surface area contributed by atoms with Gasteiger partial charge in [0.25, 0.3) is 5.91 Å². The third kappa shape index (κ3) is 4.47. The molecule has 36 heavy (non-hydrogen) atoms. The molecule has 0 spiro atoms. The number of amides is 2. The second-order valence-electron chi connectivity index (χ2n) is 9.73. The number of carbonyl (C=O) groups is 2. The monoisotopic (exact) mass is 490 g/mol. The van der Waals surface area contributed by atoms with Crippen molar-refractivity contribution in [2.75, 3.05) is 11.5 Å². The first-order chi connectivity index (χ1) is 17.4. The molecule has 2 aliphatic rings. The largest absolute Gasteiger partial charge is 0.494 e. The van der Waals surface area contributed by atoms with E-state index in [4.69, 9.17) is 9.84 Å². The van der Waals surface area contributed by atoms with E-state index in [2.05, 4.69) is 5.32 Å². The molecule has 1 N–H and O–H groups in total. The molecule has 0 radical (unpaired) electrons. The predicted molar refractivity (Wildman–Crippen MR) is 135 cm³/mol. The van der Waals surface area contributed by atoms with E-state index in [9.17, 15) is 14.0 Å². The van der Waals surface area contributed by atoms with Crippen molar-refractivity contribution in [3.8, 4) is 17.0 Å². The Hall–Kier alpha value is -3.68. The molecule has 8 heteroatoms. The van der Waals surface area contributed by atoms with E-state index in [-0.39, 0.29) is 24.4 Å². The van der Waals surface area contributed by atoms with E-state index in [1.54, 1.807) is 29.8 Å². The molecule has 2 amide bonds. The standard InChI is InChI=1S/C28H31FN4O3/c1-3-36-23-15-9-19(10-16-23)24-17-25-26(34)33(22-13-11-20(29)12-14-22)28(2,18-32(25)31-24)27(35)30-21-7-5-4-6-8-21/h9-17,21H,3-8,18H2,1-2H3,(H,30,35)/t28-/m1/s1. The Morgan fingerprint density at radius 2 is 1.81 bits per heavy atom. The fraction of sp³-hybridized carbons (Fsp3) is 0.393. The highest BCUT2D eigenvalue weighted by atomic mass is 19.1. The van der Waals surface area contributed by atoms with Crippen LogP contribution < -0.4 is 15.0 Å². The zero-order valence-electron chi connectivity index (χ0n) is 20.7. The summed E-state index contributed by atoms with van der Waals surface area (Å²) >= 11 is 0. The molecule has 0 saturated heterocycles. The molecule has 1 fully saturated rings.